The number of primary amides is 1. The van der Waals surface area contributed by atoms with Gasteiger partial charge in [0.2, 0.25) is 5.91 Å². The normalized spacial score (nSPS) is 11.4. The minimum Gasteiger partial charge on any atom is -0.478 e. The number of carbonyl (C=O) groups is 2. The summed E-state index contributed by atoms with van der Waals surface area (Å²) in [5.74, 6) is -2.28. The van der Waals surface area contributed by atoms with Crippen LogP contribution in [-0.4, -0.2) is 17.0 Å². The highest BCUT2D eigenvalue weighted by molar-refractivity contribution is 6.42. The average Bonchev–Trinajstić information content (AvgIpc) is 2.13. The van der Waals surface area contributed by atoms with Crippen molar-refractivity contribution in [1.29, 1.82) is 0 Å². The maximum absolute atomic E-state index is 11.0. The molecule has 0 bridgehead atoms. The van der Waals surface area contributed by atoms with Gasteiger partial charge in [0.1, 0.15) is 0 Å². The van der Waals surface area contributed by atoms with E-state index in [2.05, 4.69) is 0 Å². The summed E-state index contributed by atoms with van der Waals surface area (Å²) in [6.07, 6.45) is 0.739. The molecule has 0 fully saturated rings. The molecule has 1 aromatic carbocycles. The van der Waals surface area contributed by atoms with Gasteiger partial charge in [-0.05, 0) is 12.1 Å². The molecule has 17 heavy (non-hydrogen) atoms. The van der Waals surface area contributed by atoms with Gasteiger partial charge in [-0.2, -0.15) is 0 Å². The molecule has 0 spiro atoms. The van der Waals surface area contributed by atoms with Crippen LogP contribution in [0.15, 0.2) is 18.2 Å². The Labute approximate surface area is 112 Å². The Bertz CT molecular complexity index is 503. The van der Waals surface area contributed by atoms with Gasteiger partial charge in [0, 0.05) is 16.7 Å². The van der Waals surface area contributed by atoms with Crippen LogP contribution in [0.4, 0.5) is 0 Å². The zero-order valence-electron chi connectivity index (χ0n) is 8.21. The average molecular weight is 295 g/mol. The molecule has 0 heterocycles. The summed E-state index contributed by atoms with van der Waals surface area (Å²) < 4.78 is 0. The third kappa shape index (κ3) is 3.36. The topological polar surface area (TPSA) is 80.4 Å². The van der Waals surface area contributed by atoms with Gasteiger partial charge in [0.25, 0.3) is 0 Å². The van der Waals surface area contributed by atoms with Crippen LogP contribution >= 0.6 is 34.8 Å². The van der Waals surface area contributed by atoms with Gasteiger partial charge in [-0.15, -0.1) is 0 Å². The SMILES string of the molecule is NC(=O)/C=C(\C(=O)O)c1c(Cl)cc(Cl)cc1Cl. The first-order valence-corrected chi connectivity index (χ1v) is 5.35. The second-order valence-corrected chi connectivity index (χ2v) is 4.26. The van der Waals surface area contributed by atoms with Crippen LogP contribution in [0.5, 0.6) is 0 Å². The van der Waals surface area contributed by atoms with Crippen molar-refractivity contribution >= 4 is 52.3 Å². The van der Waals surface area contributed by atoms with Gasteiger partial charge in [0.15, 0.2) is 0 Å². The molecule has 1 aromatic rings. The van der Waals surface area contributed by atoms with Crippen molar-refractivity contribution in [1.82, 2.24) is 0 Å². The van der Waals surface area contributed by atoms with Crippen molar-refractivity contribution in [2.75, 3.05) is 0 Å². The summed E-state index contributed by atoms with van der Waals surface area (Å²) in [4.78, 5) is 21.7. The lowest BCUT2D eigenvalue weighted by Crippen LogP contribution is -2.11. The highest BCUT2D eigenvalue weighted by atomic mass is 35.5. The number of rotatable bonds is 3. The summed E-state index contributed by atoms with van der Waals surface area (Å²) in [5.41, 5.74) is 4.53. The van der Waals surface area contributed by atoms with Crippen LogP contribution < -0.4 is 5.73 Å². The zero-order valence-corrected chi connectivity index (χ0v) is 10.5. The lowest BCUT2D eigenvalue weighted by molar-refractivity contribution is -0.130. The predicted octanol–water partition coefficient (Wildman–Crippen LogP) is 2.60. The van der Waals surface area contributed by atoms with E-state index in [0.717, 1.165) is 6.08 Å². The van der Waals surface area contributed by atoms with E-state index in [1.807, 2.05) is 0 Å². The molecule has 0 unspecified atom stereocenters. The molecule has 0 aliphatic heterocycles. The van der Waals surface area contributed by atoms with E-state index in [0.29, 0.717) is 0 Å². The highest BCUT2D eigenvalue weighted by Crippen LogP contribution is 2.34. The maximum Gasteiger partial charge on any atom is 0.336 e. The first-order chi connectivity index (χ1) is 7.82. The first-order valence-electron chi connectivity index (χ1n) is 4.22. The largest absolute Gasteiger partial charge is 0.478 e. The number of carboxylic acid groups (broad SMARTS) is 1. The van der Waals surface area contributed by atoms with Crippen molar-refractivity contribution in [2.45, 2.75) is 0 Å². The summed E-state index contributed by atoms with van der Waals surface area (Å²) in [6.45, 7) is 0. The lowest BCUT2D eigenvalue weighted by atomic mass is 10.1. The van der Waals surface area contributed by atoms with Gasteiger partial charge in [-0.25, -0.2) is 4.79 Å². The van der Waals surface area contributed by atoms with Crippen molar-refractivity contribution in [3.8, 4) is 0 Å². The Morgan fingerprint density at radius 2 is 1.65 bits per heavy atom. The van der Waals surface area contributed by atoms with E-state index in [-0.39, 0.29) is 26.2 Å². The highest BCUT2D eigenvalue weighted by Gasteiger charge is 2.19. The minimum absolute atomic E-state index is 0.00373. The van der Waals surface area contributed by atoms with Crippen LogP contribution in [-0.2, 0) is 9.59 Å². The molecule has 1 amide bonds. The number of hydrogen-bond donors (Lipinski definition) is 2. The number of nitrogens with two attached hydrogens (primary N) is 1. The zero-order chi connectivity index (χ0) is 13.2. The quantitative estimate of drug-likeness (QED) is 0.841. The smallest absolute Gasteiger partial charge is 0.336 e. The molecule has 0 aliphatic rings. The fourth-order valence-corrected chi connectivity index (χ4v) is 2.20. The van der Waals surface area contributed by atoms with E-state index in [9.17, 15) is 9.59 Å². The van der Waals surface area contributed by atoms with Gasteiger partial charge in [-0.3, -0.25) is 4.79 Å². The van der Waals surface area contributed by atoms with Gasteiger partial charge >= 0.3 is 5.97 Å². The van der Waals surface area contributed by atoms with Crippen LogP contribution in [0.25, 0.3) is 5.57 Å². The number of carboxylic acids is 1. The number of halogens is 3. The molecular formula is C10H6Cl3NO3. The van der Waals surface area contributed by atoms with Crippen LogP contribution in [0.2, 0.25) is 15.1 Å². The standard InChI is InChI=1S/C10H6Cl3NO3/c11-4-1-6(12)9(7(13)2-4)5(10(16)17)3-8(14)15/h1-3H,(H2,14,15)(H,16,17)/b5-3-. The summed E-state index contributed by atoms with van der Waals surface area (Å²) in [5, 5.41) is 9.28. The van der Waals surface area contributed by atoms with Gasteiger partial charge in [-0.1, -0.05) is 34.8 Å². The van der Waals surface area contributed by atoms with Crippen LogP contribution in [0.1, 0.15) is 5.56 Å². The summed E-state index contributed by atoms with van der Waals surface area (Å²) in [6, 6.07) is 2.64. The van der Waals surface area contributed by atoms with Crippen molar-refractivity contribution in [2.24, 2.45) is 5.73 Å². The van der Waals surface area contributed by atoms with Crippen LogP contribution in [0.3, 0.4) is 0 Å². The second-order valence-electron chi connectivity index (χ2n) is 3.01. The molecule has 7 heteroatoms. The lowest BCUT2D eigenvalue weighted by Gasteiger charge is -2.08. The van der Waals surface area contributed by atoms with Gasteiger partial charge < -0.3 is 10.8 Å². The summed E-state index contributed by atoms with van der Waals surface area (Å²) >= 11 is 17.3. The van der Waals surface area contributed by atoms with Crippen molar-refractivity contribution in [3.63, 3.8) is 0 Å². The van der Waals surface area contributed by atoms with E-state index < -0.39 is 11.9 Å². The van der Waals surface area contributed by atoms with E-state index in [1.54, 1.807) is 0 Å². The Kier molecular flexibility index (Phi) is 4.40. The third-order valence-corrected chi connectivity index (χ3v) is 2.61. The summed E-state index contributed by atoms with van der Waals surface area (Å²) in [7, 11) is 0. The molecule has 0 saturated carbocycles. The van der Waals surface area contributed by atoms with Crippen molar-refractivity contribution in [3.05, 3.63) is 38.8 Å². The molecule has 90 valence electrons. The molecule has 0 saturated heterocycles. The Morgan fingerprint density at radius 3 is 2.00 bits per heavy atom. The fourth-order valence-electron chi connectivity index (χ4n) is 1.18. The Morgan fingerprint density at radius 1 is 1.18 bits per heavy atom. The first kappa shape index (κ1) is 13.8. The molecule has 1 rings (SSSR count). The third-order valence-electron chi connectivity index (χ3n) is 1.79. The Balaban J connectivity index is 3.50. The van der Waals surface area contributed by atoms with Gasteiger partial charge in [0.05, 0.1) is 15.6 Å². The number of amides is 1. The molecule has 0 aliphatic carbocycles. The van der Waals surface area contributed by atoms with E-state index >= 15 is 0 Å². The molecular weight excluding hydrogens is 288 g/mol. The number of benzene rings is 1. The molecule has 3 N–H and O–H groups in total. The van der Waals surface area contributed by atoms with E-state index in [4.69, 9.17) is 45.6 Å². The molecule has 4 nitrogen and oxygen atoms in total. The monoisotopic (exact) mass is 293 g/mol. The molecule has 0 aromatic heterocycles. The fraction of sp³-hybridized carbons (Fsp3) is 0. The minimum atomic E-state index is -1.37. The Hall–Kier alpha value is -1.23. The van der Waals surface area contributed by atoms with E-state index in [1.165, 1.54) is 12.1 Å². The number of carbonyl (C=O) groups excluding carboxylic acids is 1. The van der Waals surface area contributed by atoms with Crippen LogP contribution in [0, 0.1) is 0 Å². The second kappa shape index (κ2) is 5.40. The number of aliphatic carboxylic acids is 1. The predicted molar refractivity (Wildman–Crippen MR) is 66.3 cm³/mol. The number of hydrogen-bond acceptors (Lipinski definition) is 2. The van der Waals surface area contributed by atoms with Crippen molar-refractivity contribution < 1.29 is 14.7 Å². The molecule has 0 atom stereocenters. The molecule has 0 radical (unpaired) electrons. The maximum atomic E-state index is 11.0.